The predicted molar refractivity (Wildman–Crippen MR) is 89.7 cm³/mol. The summed E-state index contributed by atoms with van der Waals surface area (Å²) in [7, 11) is 0. The van der Waals surface area contributed by atoms with E-state index < -0.39 is 0 Å². The normalized spacial score (nSPS) is 22.1. The molecule has 2 heteroatoms. The van der Waals surface area contributed by atoms with Crippen molar-refractivity contribution in [2.24, 2.45) is 0 Å². The molecule has 3 aromatic carbocycles. The standard InChI is InChI=1S/C19H15BrO/c20-17(14-8-2-1-3-9-14)19-18(21-19)16-12-6-10-13-7-4-5-11-15(13)16/h1-12,17-19H/t17?,18-,19-/m0/s1. The Morgan fingerprint density at radius 1 is 0.810 bits per heavy atom. The maximum atomic E-state index is 5.98. The average molecular weight is 339 g/mol. The molecular formula is C19H15BrO. The number of epoxide rings is 1. The molecule has 21 heavy (non-hydrogen) atoms. The predicted octanol–water partition coefficient (Wildman–Crippen LogP) is 5.42. The molecule has 1 aliphatic rings. The number of alkyl halides is 1. The Hall–Kier alpha value is -1.64. The molecule has 1 heterocycles. The van der Waals surface area contributed by atoms with E-state index in [9.17, 15) is 0 Å². The largest absolute Gasteiger partial charge is 0.363 e. The first-order valence-electron chi connectivity index (χ1n) is 7.17. The molecule has 0 bridgehead atoms. The Morgan fingerprint density at radius 3 is 2.38 bits per heavy atom. The number of hydrogen-bond donors (Lipinski definition) is 0. The molecule has 1 saturated heterocycles. The molecule has 1 aliphatic heterocycles. The SMILES string of the molecule is BrC(c1ccccc1)[C@@H]1O[C@H]1c1cccc2ccccc12. The van der Waals surface area contributed by atoms with E-state index in [2.05, 4.69) is 82.7 Å². The second-order valence-corrected chi connectivity index (χ2v) is 6.39. The van der Waals surface area contributed by atoms with E-state index in [1.165, 1.54) is 21.9 Å². The molecule has 1 unspecified atom stereocenters. The zero-order valence-electron chi connectivity index (χ0n) is 11.4. The van der Waals surface area contributed by atoms with Gasteiger partial charge in [-0.3, -0.25) is 0 Å². The lowest BCUT2D eigenvalue weighted by molar-refractivity contribution is 0.373. The fraction of sp³-hybridized carbons (Fsp3) is 0.158. The number of hydrogen-bond acceptors (Lipinski definition) is 1. The fourth-order valence-electron chi connectivity index (χ4n) is 2.92. The van der Waals surface area contributed by atoms with Gasteiger partial charge in [0, 0.05) is 0 Å². The number of rotatable bonds is 3. The minimum atomic E-state index is 0.181. The second kappa shape index (κ2) is 5.28. The van der Waals surface area contributed by atoms with Crippen LogP contribution in [0, 0.1) is 0 Å². The van der Waals surface area contributed by atoms with E-state index in [0.717, 1.165) is 0 Å². The summed E-state index contributed by atoms with van der Waals surface area (Å²) in [6.07, 6.45) is 0.388. The Bertz CT molecular complexity index is 763. The molecule has 3 atom stereocenters. The number of benzene rings is 3. The Kier molecular flexibility index (Phi) is 3.28. The maximum absolute atomic E-state index is 5.98. The van der Waals surface area contributed by atoms with Gasteiger partial charge < -0.3 is 4.74 Å². The van der Waals surface area contributed by atoms with Gasteiger partial charge >= 0.3 is 0 Å². The monoisotopic (exact) mass is 338 g/mol. The third kappa shape index (κ3) is 2.39. The molecule has 0 aromatic heterocycles. The number of ether oxygens (including phenoxy) is 1. The number of fused-ring (bicyclic) bond motifs is 1. The van der Waals surface area contributed by atoms with Crippen LogP contribution in [0.1, 0.15) is 22.1 Å². The lowest BCUT2D eigenvalue weighted by Crippen LogP contribution is -1.99. The summed E-state index contributed by atoms with van der Waals surface area (Å²) in [5.74, 6) is 0. The van der Waals surface area contributed by atoms with Gasteiger partial charge in [-0.1, -0.05) is 88.7 Å². The van der Waals surface area contributed by atoms with Crippen LogP contribution in [0.25, 0.3) is 10.8 Å². The summed E-state index contributed by atoms with van der Waals surface area (Å²) >= 11 is 3.79. The molecule has 1 fully saturated rings. The zero-order valence-corrected chi connectivity index (χ0v) is 13.0. The van der Waals surface area contributed by atoms with E-state index in [1.54, 1.807) is 0 Å². The van der Waals surface area contributed by atoms with Crippen LogP contribution < -0.4 is 0 Å². The van der Waals surface area contributed by atoms with Crippen LogP contribution in [0.3, 0.4) is 0 Å². The Morgan fingerprint density at radius 2 is 1.52 bits per heavy atom. The highest BCUT2D eigenvalue weighted by atomic mass is 79.9. The molecule has 3 aromatic rings. The third-order valence-corrected chi connectivity index (χ3v) is 5.11. The molecule has 1 nitrogen and oxygen atoms in total. The van der Waals surface area contributed by atoms with Gasteiger partial charge in [-0.15, -0.1) is 0 Å². The van der Waals surface area contributed by atoms with Crippen molar-refractivity contribution in [2.75, 3.05) is 0 Å². The molecule has 0 aliphatic carbocycles. The van der Waals surface area contributed by atoms with E-state index in [1.807, 2.05) is 6.07 Å². The zero-order chi connectivity index (χ0) is 14.2. The highest BCUT2D eigenvalue weighted by Crippen LogP contribution is 2.50. The lowest BCUT2D eigenvalue weighted by Gasteiger charge is -2.07. The molecule has 0 saturated carbocycles. The van der Waals surface area contributed by atoms with Gasteiger partial charge in [0.2, 0.25) is 0 Å². The smallest absolute Gasteiger partial charge is 0.111 e. The van der Waals surface area contributed by atoms with Crippen LogP contribution in [0.5, 0.6) is 0 Å². The highest BCUT2D eigenvalue weighted by molar-refractivity contribution is 9.09. The first-order valence-corrected chi connectivity index (χ1v) is 8.08. The average Bonchev–Trinajstić information content (AvgIpc) is 3.35. The van der Waals surface area contributed by atoms with Crippen molar-refractivity contribution < 1.29 is 4.74 Å². The molecule has 0 N–H and O–H groups in total. The van der Waals surface area contributed by atoms with Crippen LogP contribution in [-0.2, 0) is 4.74 Å². The summed E-state index contributed by atoms with van der Waals surface area (Å²) in [4.78, 5) is 0.239. The molecule has 0 spiro atoms. The van der Waals surface area contributed by atoms with E-state index in [4.69, 9.17) is 4.74 Å². The van der Waals surface area contributed by atoms with Gasteiger partial charge in [-0.05, 0) is 21.9 Å². The van der Waals surface area contributed by atoms with Crippen molar-refractivity contribution in [2.45, 2.75) is 17.0 Å². The molecule has 0 amide bonds. The van der Waals surface area contributed by atoms with Gasteiger partial charge in [0.25, 0.3) is 0 Å². The molecule has 4 rings (SSSR count). The van der Waals surface area contributed by atoms with Gasteiger partial charge in [0.1, 0.15) is 12.2 Å². The van der Waals surface area contributed by atoms with Crippen molar-refractivity contribution in [1.29, 1.82) is 0 Å². The second-order valence-electron chi connectivity index (χ2n) is 5.40. The van der Waals surface area contributed by atoms with Gasteiger partial charge in [0.05, 0.1) is 4.83 Å². The number of halogens is 1. The van der Waals surface area contributed by atoms with Crippen LogP contribution in [-0.4, -0.2) is 6.10 Å². The highest BCUT2D eigenvalue weighted by Gasteiger charge is 2.46. The Labute approximate surface area is 132 Å². The molecule has 104 valence electrons. The quantitative estimate of drug-likeness (QED) is 0.459. The van der Waals surface area contributed by atoms with Crippen molar-refractivity contribution in [3.05, 3.63) is 83.9 Å². The van der Waals surface area contributed by atoms with Crippen LogP contribution in [0.2, 0.25) is 0 Å². The Balaban J connectivity index is 1.64. The van der Waals surface area contributed by atoms with Gasteiger partial charge in [-0.25, -0.2) is 0 Å². The van der Waals surface area contributed by atoms with Crippen LogP contribution >= 0.6 is 15.9 Å². The van der Waals surface area contributed by atoms with Crippen molar-refractivity contribution >= 4 is 26.7 Å². The minimum Gasteiger partial charge on any atom is -0.363 e. The third-order valence-electron chi connectivity index (χ3n) is 4.06. The van der Waals surface area contributed by atoms with E-state index in [0.29, 0.717) is 0 Å². The summed E-state index contributed by atoms with van der Waals surface area (Å²) in [5, 5.41) is 2.57. The van der Waals surface area contributed by atoms with Crippen molar-refractivity contribution in [1.82, 2.24) is 0 Å². The topological polar surface area (TPSA) is 12.5 Å². The van der Waals surface area contributed by atoms with E-state index >= 15 is 0 Å². The van der Waals surface area contributed by atoms with Crippen LogP contribution in [0.15, 0.2) is 72.8 Å². The summed E-state index contributed by atoms with van der Waals surface area (Å²) in [6.45, 7) is 0. The fourth-order valence-corrected chi connectivity index (χ4v) is 3.63. The molecule has 0 radical (unpaired) electrons. The summed E-state index contributed by atoms with van der Waals surface area (Å²) in [5.41, 5.74) is 2.56. The first-order chi connectivity index (χ1) is 10.3. The van der Waals surface area contributed by atoms with Gasteiger partial charge in [0.15, 0.2) is 0 Å². The molecular weight excluding hydrogens is 324 g/mol. The maximum Gasteiger partial charge on any atom is 0.111 e. The van der Waals surface area contributed by atoms with Gasteiger partial charge in [-0.2, -0.15) is 0 Å². The van der Waals surface area contributed by atoms with Crippen molar-refractivity contribution in [3.63, 3.8) is 0 Å². The van der Waals surface area contributed by atoms with Crippen molar-refractivity contribution in [3.8, 4) is 0 Å². The van der Waals surface area contributed by atoms with Crippen LogP contribution in [0.4, 0.5) is 0 Å². The summed E-state index contributed by atoms with van der Waals surface area (Å²) < 4.78 is 5.98. The first kappa shape index (κ1) is 13.1. The summed E-state index contributed by atoms with van der Waals surface area (Å²) in [6, 6.07) is 25.4. The minimum absolute atomic E-state index is 0.181. The lowest BCUT2D eigenvalue weighted by atomic mass is 9.98. The van der Waals surface area contributed by atoms with E-state index in [-0.39, 0.29) is 17.0 Å².